The Balaban J connectivity index is 2.45. The van der Waals surface area contributed by atoms with Gasteiger partial charge in [0.1, 0.15) is 43.2 Å². The summed E-state index contributed by atoms with van der Waals surface area (Å²) in [6.07, 6.45) is 33.1. The van der Waals surface area contributed by atoms with Gasteiger partial charge in [-0.25, -0.2) is 4.57 Å². The molecule has 0 heterocycles. The maximum Gasteiger partial charge on any atom is 0.472 e. The summed E-state index contributed by atoms with van der Waals surface area (Å²) in [6.45, 7) is 3.24. The van der Waals surface area contributed by atoms with Crippen LogP contribution in [-0.4, -0.2) is 98.3 Å². The van der Waals surface area contributed by atoms with E-state index in [0.29, 0.717) is 12.8 Å². The van der Waals surface area contributed by atoms with Crippen LogP contribution in [0, 0.1) is 0 Å². The molecule has 0 radical (unpaired) electrons. The Kier molecular flexibility index (Phi) is 36.4. The molecule has 13 nitrogen and oxygen atoms in total. The Morgan fingerprint density at radius 1 is 0.492 bits per heavy atom. The van der Waals surface area contributed by atoms with Crippen LogP contribution in [0.4, 0.5) is 0 Å². The van der Waals surface area contributed by atoms with E-state index in [1.165, 1.54) is 89.9 Å². The molecular formula is C49H87O13P. The molecule has 1 fully saturated rings. The molecule has 0 aliphatic heterocycles. The van der Waals surface area contributed by atoms with Crippen molar-refractivity contribution < 1.29 is 63.1 Å². The first-order chi connectivity index (χ1) is 30.4. The third-order valence-corrected chi connectivity index (χ3v) is 12.1. The third kappa shape index (κ3) is 31.4. The van der Waals surface area contributed by atoms with Gasteiger partial charge < -0.3 is 39.9 Å². The second-order valence-electron chi connectivity index (χ2n) is 17.0. The van der Waals surface area contributed by atoms with E-state index in [4.69, 9.17) is 18.5 Å². The van der Waals surface area contributed by atoms with Gasteiger partial charge in [0, 0.05) is 12.8 Å². The zero-order valence-corrected chi connectivity index (χ0v) is 39.8. The quantitative estimate of drug-likeness (QED) is 0.0147. The number of carbonyl (C=O) groups excluding carboxylic acids is 2. The average molecular weight is 915 g/mol. The molecule has 63 heavy (non-hydrogen) atoms. The summed E-state index contributed by atoms with van der Waals surface area (Å²) in [7, 11) is -5.13. The highest BCUT2D eigenvalue weighted by atomic mass is 31.2. The van der Waals surface area contributed by atoms with Gasteiger partial charge in [0.2, 0.25) is 0 Å². The van der Waals surface area contributed by atoms with E-state index in [9.17, 15) is 44.6 Å². The van der Waals surface area contributed by atoms with Crippen molar-refractivity contribution in [2.75, 3.05) is 13.2 Å². The number of allylic oxidation sites excluding steroid dienone is 8. The van der Waals surface area contributed by atoms with Crippen molar-refractivity contribution in [3.05, 3.63) is 48.6 Å². The average Bonchev–Trinajstić information content (AvgIpc) is 3.26. The van der Waals surface area contributed by atoms with Crippen LogP contribution in [-0.2, 0) is 32.7 Å². The molecule has 14 heteroatoms. The highest BCUT2D eigenvalue weighted by Gasteiger charge is 2.51. The van der Waals surface area contributed by atoms with E-state index in [2.05, 4.69) is 62.5 Å². The standard InChI is InChI=1S/C49H87O13P/c1-3-5-7-9-11-13-15-17-19-20-21-22-24-25-27-29-31-33-35-37-42(50)59-39-41(40-60-63(57,58)62-49-47(55)45(53)44(52)46(54)48(49)56)61-43(51)38-36-34-32-30-28-26-23-18-16-14-12-10-8-6-4-2/h12,14,18,20-21,23,28,30,41,44-49,52-56H,3-11,13,15-17,19,22,24-27,29,31-40H2,1-2H3,(H,57,58)/b14-12-,21-20-,23-18-,30-28-/t41-,44?,45-,46?,47?,48?,49?/m1/s1. The lowest BCUT2D eigenvalue weighted by Gasteiger charge is -2.41. The maximum atomic E-state index is 12.8. The fourth-order valence-corrected chi connectivity index (χ4v) is 8.14. The topological polar surface area (TPSA) is 210 Å². The predicted octanol–water partition coefficient (Wildman–Crippen LogP) is 9.95. The van der Waals surface area contributed by atoms with Crippen LogP contribution in [0.25, 0.3) is 0 Å². The van der Waals surface area contributed by atoms with Crippen molar-refractivity contribution in [2.45, 2.75) is 236 Å². The molecule has 0 spiro atoms. The monoisotopic (exact) mass is 915 g/mol. The Morgan fingerprint density at radius 3 is 1.38 bits per heavy atom. The number of aliphatic hydroxyl groups excluding tert-OH is 5. The maximum absolute atomic E-state index is 12.8. The lowest BCUT2D eigenvalue weighted by Crippen LogP contribution is -2.64. The molecule has 1 rings (SSSR count). The Hall–Kier alpha value is -2.19. The number of hydrogen-bond donors (Lipinski definition) is 6. The summed E-state index contributed by atoms with van der Waals surface area (Å²) in [4.78, 5) is 35.7. The molecule has 0 bridgehead atoms. The van der Waals surface area contributed by atoms with E-state index >= 15 is 0 Å². The van der Waals surface area contributed by atoms with E-state index in [-0.39, 0.29) is 12.8 Å². The second-order valence-corrected chi connectivity index (χ2v) is 18.4. The summed E-state index contributed by atoms with van der Waals surface area (Å²) >= 11 is 0. The van der Waals surface area contributed by atoms with Gasteiger partial charge in [-0.2, -0.15) is 0 Å². The number of phosphoric ester groups is 1. The minimum absolute atomic E-state index is 0.0463. The number of phosphoric acid groups is 1. The highest BCUT2D eigenvalue weighted by molar-refractivity contribution is 7.47. The molecule has 1 aliphatic rings. The van der Waals surface area contributed by atoms with Crippen LogP contribution in [0.3, 0.4) is 0 Å². The van der Waals surface area contributed by atoms with E-state index in [0.717, 1.165) is 64.2 Å². The summed E-state index contributed by atoms with van der Waals surface area (Å²) in [5.41, 5.74) is 0. The minimum Gasteiger partial charge on any atom is -0.462 e. The molecule has 1 saturated carbocycles. The van der Waals surface area contributed by atoms with Crippen LogP contribution in [0.15, 0.2) is 48.6 Å². The first-order valence-electron chi connectivity index (χ1n) is 24.4. The fourth-order valence-electron chi connectivity index (χ4n) is 7.17. The van der Waals surface area contributed by atoms with Crippen molar-refractivity contribution in [3.8, 4) is 0 Å². The summed E-state index contributed by atoms with van der Waals surface area (Å²) in [5.74, 6) is -1.15. The van der Waals surface area contributed by atoms with Crippen molar-refractivity contribution in [2.24, 2.45) is 0 Å². The molecule has 6 unspecified atom stereocenters. The number of hydrogen-bond acceptors (Lipinski definition) is 12. The lowest BCUT2D eigenvalue weighted by atomic mass is 9.85. The third-order valence-electron chi connectivity index (χ3n) is 11.1. The van der Waals surface area contributed by atoms with Gasteiger partial charge in [-0.05, 0) is 77.0 Å². The Morgan fingerprint density at radius 2 is 0.857 bits per heavy atom. The SMILES string of the molecule is CCCCC/C=C\C/C=C\C/C=C\CCCCC(=O)O[C@H](COC(=O)CCCCCCCCC/C=C\CCCCCCCCCC)COP(=O)(O)OC1C(O)C(O)C(O)[C@@H](O)C1O. The Labute approximate surface area is 380 Å². The molecule has 8 atom stereocenters. The smallest absolute Gasteiger partial charge is 0.462 e. The van der Waals surface area contributed by atoms with Gasteiger partial charge in [0.05, 0.1) is 6.61 Å². The van der Waals surface area contributed by atoms with E-state index < -0.39 is 75.7 Å². The summed E-state index contributed by atoms with van der Waals surface area (Å²) in [6, 6.07) is 0. The largest absolute Gasteiger partial charge is 0.472 e. The normalized spacial score (nSPS) is 22.1. The zero-order chi connectivity index (χ0) is 46.4. The first-order valence-corrected chi connectivity index (χ1v) is 25.9. The number of carbonyl (C=O) groups is 2. The van der Waals surface area contributed by atoms with Gasteiger partial charge in [-0.15, -0.1) is 0 Å². The van der Waals surface area contributed by atoms with Crippen molar-refractivity contribution >= 4 is 19.8 Å². The van der Waals surface area contributed by atoms with Crippen molar-refractivity contribution in [1.29, 1.82) is 0 Å². The van der Waals surface area contributed by atoms with E-state index in [1.54, 1.807) is 0 Å². The zero-order valence-electron chi connectivity index (χ0n) is 38.9. The summed E-state index contributed by atoms with van der Waals surface area (Å²) in [5, 5.41) is 50.2. The number of aliphatic hydroxyl groups is 5. The molecule has 0 aromatic heterocycles. The van der Waals surface area contributed by atoms with Crippen LogP contribution < -0.4 is 0 Å². The van der Waals surface area contributed by atoms with Gasteiger partial charge in [0.25, 0.3) is 0 Å². The van der Waals surface area contributed by atoms with Crippen LogP contribution >= 0.6 is 7.82 Å². The molecular weight excluding hydrogens is 828 g/mol. The van der Waals surface area contributed by atoms with Gasteiger partial charge in [-0.3, -0.25) is 18.6 Å². The number of rotatable bonds is 40. The molecule has 366 valence electrons. The number of unbranched alkanes of at least 4 members (excludes halogenated alkanes) is 20. The minimum atomic E-state index is -5.13. The van der Waals surface area contributed by atoms with Crippen LogP contribution in [0.1, 0.15) is 194 Å². The van der Waals surface area contributed by atoms with Crippen LogP contribution in [0.5, 0.6) is 0 Å². The Bertz CT molecular complexity index is 1290. The predicted molar refractivity (Wildman–Crippen MR) is 249 cm³/mol. The highest BCUT2D eigenvalue weighted by Crippen LogP contribution is 2.47. The lowest BCUT2D eigenvalue weighted by molar-refractivity contribution is -0.220. The second kappa shape index (κ2) is 39.0. The first kappa shape index (κ1) is 58.8. The van der Waals surface area contributed by atoms with Gasteiger partial charge >= 0.3 is 19.8 Å². The van der Waals surface area contributed by atoms with Crippen molar-refractivity contribution in [1.82, 2.24) is 0 Å². The molecule has 0 saturated heterocycles. The van der Waals surface area contributed by atoms with Crippen LogP contribution in [0.2, 0.25) is 0 Å². The molecule has 0 amide bonds. The molecule has 0 aromatic rings. The van der Waals surface area contributed by atoms with E-state index in [1.807, 2.05) is 0 Å². The molecule has 6 N–H and O–H groups in total. The fraction of sp³-hybridized carbons (Fsp3) is 0.796. The molecule has 0 aromatic carbocycles. The number of esters is 2. The summed E-state index contributed by atoms with van der Waals surface area (Å²) < 4.78 is 33.5. The van der Waals surface area contributed by atoms with Crippen molar-refractivity contribution in [3.63, 3.8) is 0 Å². The van der Waals surface area contributed by atoms with Gasteiger partial charge in [0.15, 0.2) is 6.10 Å². The van der Waals surface area contributed by atoms with Gasteiger partial charge in [-0.1, -0.05) is 152 Å². The number of ether oxygens (including phenoxy) is 2. The molecule has 1 aliphatic carbocycles.